The second-order valence-electron chi connectivity index (χ2n) is 5.03. The summed E-state index contributed by atoms with van der Waals surface area (Å²) >= 11 is 0. The van der Waals surface area contributed by atoms with Crippen LogP contribution in [0.1, 0.15) is 25.8 Å². The van der Waals surface area contributed by atoms with Gasteiger partial charge < -0.3 is 15.2 Å². The summed E-state index contributed by atoms with van der Waals surface area (Å²) in [5.74, 6) is 1.69. The number of hydrogen-bond acceptors (Lipinski definition) is 4. The molecule has 0 aromatic heterocycles. The van der Waals surface area contributed by atoms with Crippen molar-refractivity contribution in [2.45, 2.75) is 32.9 Å². The van der Waals surface area contributed by atoms with E-state index in [1.807, 2.05) is 18.2 Å². The van der Waals surface area contributed by atoms with Gasteiger partial charge in [0.1, 0.15) is 0 Å². The monoisotopic (exact) mass is 279 g/mol. The Labute approximate surface area is 121 Å². The second kappa shape index (κ2) is 7.75. The molecule has 0 aliphatic rings. The van der Waals surface area contributed by atoms with Crippen molar-refractivity contribution in [1.82, 2.24) is 4.90 Å². The predicted octanol–water partition coefficient (Wildman–Crippen LogP) is 2.24. The first-order chi connectivity index (χ1) is 9.47. The van der Waals surface area contributed by atoms with Crippen molar-refractivity contribution in [1.29, 1.82) is 5.41 Å². The maximum Gasteiger partial charge on any atom is 0.161 e. The average Bonchev–Trinajstić information content (AvgIpc) is 2.42. The van der Waals surface area contributed by atoms with E-state index in [4.69, 9.17) is 20.6 Å². The molecule has 0 unspecified atom stereocenters. The van der Waals surface area contributed by atoms with Crippen molar-refractivity contribution in [2.24, 2.45) is 5.73 Å². The molecule has 3 N–H and O–H groups in total. The van der Waals surface area contributed by atoms with Crippen molar-refractivity contribution >= 4 is 5.84 Å². The normalized spacial score (nSPS) is 10.9. The fourth-order valence-corrected chi connectivity index (χ4v) is 2.00. The first kappa shape index (κ1) is 16.3. The van der Waals surface area contributed by atoms with Crippen LogP contribution in [0, 0.1) is 5.41 Å². The summed E-state index contributed by atoms with van der Waals surface area (Å²) < 4.78 is 10.6. The zero-order valence-corrected chi connectivity index (χ0v) is 12.8. The Morgan fingerprint density at radius 1 is 1.25 bits per heavy atom. The molecule has 1 aromatic rings. The molecule has 0 atom stereocenters. The molecule has 1 aromatic carbocycles. The highest BCUT2D eigenvalue weighted by molar-refractivity contribution is 5.76. The summed E-state index contributed by atoms with van der Waals surface area (Å²) in [6.07, 6.45) is 0.589. The quantitative estimate of drug-likeness (QED) is 0.565. The van der Waals surface area contributed by atoms with Gasteiger partial charge in [0.15, 0.2) is 11.5 Å². The summed E-state index contributed by atoms with van der Waals surface area (Å²) in [6.45, 7) is 5.86. The van der Waals surface area contributed by atoms with E-state index in [1.165, 1.54) is 0 Å². The summed E-state index contributed by atoms with van der Waals surface area (Å²) in [6, 6.07) is 6.33. The lowest BCUT2D eigenvalue weighted by molar-refractivity contribution is 0.218. The van der Waals surface area contributed by atoms with E-state index in [0.29, 0.717) is 12.5 Å². The van der Waals surface area contributed by atoms with Gasteiger partial charge in [-0.2, -0.15) is 0 Å². The molecular formula is C15H25N3O2. The molecule has 0 heterocycles. The second-order valence-corrected chi connectivity index (χ2v) is 5.03. The van der Waals surface area contributed by atoms with Gasteiger partial charge in [-0.25, -0.2) is 0 Å². The standard InChI is InChI=1S/C15H25N3O2/c1-11(2)18(8-7-15(16)17)10-12-5-6-13(19-3)14(9-12)20-4/h5-6,9,11H,7-8,10H2,1-4H3,(H3,16,17). The lowest BCUT2D eigenvalue weighted by Crippen LogP contribution is -2.33. The number of hydrogen-bond donors (Lipinski definition) is 2. The minimum atomic E-state index is 0.225. The van der Waals surface area contributed by atoms with Crippen LogP contribution in [0.5, 0.6) is 11.5 Å². The van der Waals surface area contributed by atoms with Crippen LogP contribution in [0.15, 0.2) is 18.2 Å². The molecule has 0 saturated carbocycles. The molecule has 0 fully saturated rings. The zero-order chi connectivity index (χ0) is 15.1. The molecule has 0 bridgehead atoms. The molecule has 1 rings (SSSR count). The van der Waals surface area contributed by atoms with E-state index in [0.717, 1.165) is 30.2 Å². The van der Waals surface area contributed by atoms with Gasteiger partial charge in [-0.15, -0.1) is 0 Å². The van der Waals surface area contributed by atoms with Gasteiger partial charge in [-0.05, 0) is 31.5 Å². The third-order valence-corrected chi connectivity index (χ3v) is 3.23. The van der Waals surface area contributed by atoms with Crippen LogP contribution in [0.4, 0.5) is 0 Å². The van der Waals surface area contributed by atoms with E-state index < -0.39 is 0 Å². The number of rotatable bonds is 8. The maximum atomic E-state index is 7.34. The van der Waals surface area contributed by atoms with E-state index >= 15 is 0 Å². The van der Waals surface area contributed by atoms with Crippen molar-refractivity contribution in [2.75, 3.05) is 20.8 Å². The number of benzene rings is 1. The number of amidine groups is 1. The highest BCUT2D eigenvalue weighted by Crippen LogP contribution is 2.28. The molecule has 0 aliphatic heterocycles. The van der Waals surface area contributed by atoms with Crippen molar-refractivity contribution in [3.05, 3.63) is 23.8 Å². The van der Waals surface area contributed by atoms with E-state index in [2.05, 4.69) is 18.7 Å². The SMILES string of the molecule is COc1ccc(CN(CCC(=N)N)C(C)C)cc1OC. The van der Waals surface area contributed by atoms with Crippen LogP contribution in [-0.4, -0.2) is 37.5 Å². The fraction of sp³-hybridized carbons (Fsp3) is 0.533. The van der Waals surface area contributed by atoms with Crippen molar-refractivity contribution < 1.29 is 9.47 Å². The van der Waals surface area contributed by atoms with Gasteiger partial charge in [-0.3, -0.25) is 10.3 Å². The molecule has 0 amide bonds. The molecular weight excluding hydrogens is 254 g/mol. The Kier molecular flexibility index (Phi) is 6.31. The fourth-order valence-electron chi connectivity index (χ4n) is 2.00. The largest absolute Gasteiger partial charge is 0.493 e. The van der Waals surface area contributed by atoms with Gasteiger partial charge >= 0.3 is 0 Å². The van der Waals surface area contributed by atoms with E-state index in [9.17, 15) is 0 Å². The summed E-state index contributed by atoms with van der Waals surface area (Å²) in [7, 11) is 3.27. The highest BCUT2D eigenvalue weighted by atomic mass is 16.5. The summed E-state index contributed by atoms with van der Waals surface area (Å²) in [4.78, 5) is 2.28. The number of nitrogens with one attached hydrogen (secondary N) is 1. The molecule has 0 saturated heterocycles. The van der Waals surface area contributed by atoms with E-state index in [1.54, 1.807) is 14.2 Å². The number of methoxy groups -OCH3 is 2. The van der Waals surface area contributed by atoms with E-state index in [-0.39, 0.29) is 5.84 Å². The predicted molar refractivity (Wildman–Crippen MR) is 81.6 cm³/mol. The van der Waals surface area contributed by atoms with Crippen molar-refractivity contribution in [3.8, 4) is 11.5 Å². The van der Waals surface area contributed by atoms with Gasteiger partial charge in [-0.1, -0.05) is 6.07 Å². The van der Waals surface area contributed by atoms with Gasteiger partial charge in [0.05, 0.1) is 20.1 Å². The molecule has 5 heteroatoms. The van der Waals surface area contributed by atoms with Crippen LogP contribution >= 0.6 is 0 Å². The molecule has 112 valence electrons. The molecule has 0 aliphatic carbocycles. The zero-order valence-electron chi connectivity index (χ0n) is 12.8. The van der Waals surface area contributed by atoms with Crippen LogP contribution in [0.2, 0.25) is 0 Å². The Bertz CT molecular complexity index is 447. The summed E-state index contributed by atoms with van der Waals surface area (Å²) in [5, 5.41) is 7.34. The third-order valence-electron chi connectivity index (χ3n) is 3.23. The Hall–Kier alpha value is -1.75. The lowest BCUT2D eigenvalue weighted by atomic mass is 10.1. The number of ether oxygens (including phenoxy) is 2. The highest BCUT2D eigenvalue weighted by Gasteiger charge is 2.12. The number of nitrogens with zero attached hydrogens (tertiary/aromatic N) is 1. The first-order valence-corrected chi connectivity index (χ1v) is 6.75. The maximum absolute atomic E-state index is 7.34. The molecule has 20 heavy (non-hydrogen) atoms. The van der Waals surface area contributed by atoms with Crippen molar-refractivity contribution in [3.63, 3.8) is 0 Å². The Balaban J connectivity index is 2.80. The lowest BCUT2D eigenvalue weighted by Gasteiger charge is -2.26. The first-order valence-electron chi connectivity index (χ1n) is 6.75. The third kappa shape index (κ3) is 4.74. The molecule has 5 nitrogen and oxygen atoms in total. The van der Waals surface area contributed by atoms with Gasteiger partial charge in [0.25, 0.3) is 0 Å². The van der Waals surface area contributed by atoms with Crippen LogP contribution < -0.4 is 15.2 Å². The summed E-state index contributed by atoms with van der Waals surface area (Å²) in [5.41, 5.74) is 6.59. The number of nitrogens with two attached hydrogens (primary N) is 1. The Morgan fingerprint density at radius 2 is 1.90 bits per heavy atom. The average molecular weight is 279 g/mol. The minimum Gasteiger partial charge on any atom is -0.493 e. The van der Waals surface area contributed by atoms with Crippen LogP contribution in [-0.2, 0) is 6.54 Å². The molecule has 0 spiro atoms. The van der Waals surface area contributed by atoms with Gasteiger partial charge in [0.2, 0.25) is 0 Å². The topological polar surface area (TPSA) is 71.6 Å². The Morgan fingerprint density at radius 3 is 2.40 bits per heavy atom. The smallest absolute Gasteiger partial charge is 0.161 e. The van der Waals surface area contributed by atoms with Crippen LogP contribution in [0.25, 0.3) is 0 Å². The molecule has 0 radical (unpaired) electrons. The van der Waals surface area contributed by atoms with Crippen LogP contribution in [0.3, 0.4) is 0 Å². The van der Waals surface area contributed by atoms with Gasteiger partial charge in [0, 0.05) is 25.6 Å². The minimum absolute atomic E-state index is 0.225.